The Morgan fingerprint density at radius 2 is 2.08 bits per heavy atom. The van der Waals surface area contributed by atoms with Gasteiger partial charge >= 0.3 is 0 Å². The molecule has 0 spiro atoms. The van der Waals surface area contributed by atoms with Gasteiger partial charge in [-0.15, -0.1) is 0 Å². The van der Waals surface area contributed by atoms with Gasteiger partial charge in [-0.2, -0.15) is 0 Å². The van der Waals surface area contributed by atoms with Crippen molar-refractivity contribution in [2.45, 2.75) is 58.5 Å². The molecule has 0 aromatic carbocycles. The molecule has 12 heavy (non-hydrogen) atoms. The summed E-state index contributed by atoms with van der Waals surface area (Å²) in [5.41, 5.74) is -0.272. The molecular weight excluding hydrogens is 148 g/mol. The van der Waals surface area contributed by atoms with Crippen LogP contribution in [0, 0.1) is 11.8 Å². The van der Waals surface area contributed by atoms with E-state index in [0.717, 1.165) is 6.42 Å². The zero-order valence-corrected chi connectivity index (χ0v) is 8.64. The molecule has 1 rings (SSSR count). The topological polar surface area (TPSA) is 20.2 Å². The summed E-state index contributed by atoms with van der Waals surface area (Å²) in [6.45, 7) is 6.58. The van der Waals surface area contributed by atoms with Gasteiger partial charge in [0.25, 0.3) is 0 Å². The molecule has 1 saturated carbocycles. The maximum Gasteiger partial charge on any atom is 0.0705 e. The first-order chi connectivity index (χ1) is 5.65. The van der Waals surface area contributed by atoms with Crippen LogP contribution in [0.1, 0.15) is 52.9 Å². The summed E-state index contributed by atoms with van der Waals surface area (Å²) in [7, 11) is 0. The zero-order valence-electron chi connectivity index (χ0n) is 8.64. The van der Waals surface area contributed by atoms with Gasteiger partial charge < -0.3 is 5.11 Å². The summed E-state index contributed by atoms with van der Waals surface area (Å²) in [6, 6.07) is 0. The molecule has 0 aliphatic heterocycles. The minimum absolute atomic E-state index is 0.272. The fourth-order valence-corrected chi connectivity index (χ4v) is 2.32. The molecule has 0 amide bonds. The normalized spacial score (nSPS) is 36.5. The lowest BCUT2D eigenvalue weighted by atomic mass is 9.94. The molecule has 1 N–H and O–H groups in total. The highest BCUT2D eigenvalue weighted by molar-refractivity contribution is 5.05. The van der Waals surface area contributed by atoms with Gasteiger partial charge in [-0.3, -0.25) is 0 Å². The van der Waals surface area contributed by atoms with Crippen LogP contribution in [-0.2, 0) is 0 Å². The SMILES string of the molecule is CCCC(C)C1(O)CC1CCC. The average Bonchev–Trinajstić information content (AvgIpc) is 2.65. The molecule has 1 nitrogen and oxygen atoms in total. The van der Waals surface area contributed by atoms with Crippen molar-refractivity contribution in [1.29, 1.82) is 0 Å². The second-order valence-corrected chi connectivity index (χ2v) is 4.37. The minimum atomic E-state index is -0.272. The third-order valence-electron chi connectivity index (χ3n) is 3.33. The van der Waals surface area contributed by atoms with E-state index in [1.807, 2.05) is 0 Å². The van der Waals surface area contributed by atoms with E-state index in [-0.39, 0.29) is 5.60 Å². The van der Waals surface area contributed by atoms with Crippen LogP contribution in [0.3, 0.4) is 0 Å². The van der Waals surface area contributed by atoms with Crippen molar-refractivity contribution in [1.82, 2.24) is 0 Å². The first-order valence-corrected chi connectivity index (χ1v) is 5.37. The van der Waals surface area contributed by atoms with Crippen molar-refractivity contribution >= 4 is 0 Å². The molecule has 72 valence electrons. The van der Waals surface area contributed by atoms with Crippen LogP contribution in [0.25, 0.3) is 0 Å². The number of aliphatic hydroxyl groups is 1. The van der Waals surface area contributed by atoms with E-state index in [2.05, 4.69) is 20.8 Å². The first kappa shape index (κ1) is 10.0. The summed E-state index contributed by atoms with van der Waals surface area (Å²) < 4.78 is 0. The van der Waals surface area contributed by atoms with Crippen molar-refractivity contribution in [3.8, 4) is 0 Å². The standard InChI is InChI=1S/C11H22O/c1-4-6-9(3)11(12)8-10(11)7-5-2/h9-10,12H,4-8H2,1-3H3. The summed E-state index contributed by atoms with van der Waals surface area (Å²) in [5, 5.41) is 10.1. The molecule has 1 aliphatic rings. The predicted octanol–water partition coefficient (Wildman–Crippen LogP) is 2.97. The Morgan fingerprint density at radius 3 is 2.58 bits per heavy atom. The summed E-state index contributed by atoms with van der Waals surface area (Å²) in [5.74, 6) is 1.13. The van der Waals surface area contributed by atoms with Gasteiger partial charge in [0.15, 0.2) is 0 Å². The van der Waals surface area contributed by atoms with Gasteiger partial charge in [0.2, 0.25) is 0 Å². The van der Waals surface area contributed by atoms with Crippen LogP contribution < -0.4 is 0 Å². The highest BCUT2D eigenvalue weighted by Gasteiger charge is 2.54. The van der Waals surface area contributed by atoms with Crippen LogP contribution in [0.5, 0.6) is 0 Å². The lowest BCUT2D eigenvalue weighted by molar-refractivity contribution is 0.0671. The molecule has 3 atom stereocenters. The molecule has 0 saturated heterocycles. The highest BCUT2D eigenvalue weighted by Crippen LogP contribution is 2.52. The van der Waals surface area contributed by atoms with Gasteiger partial charge in [-0.1, -0.05) is 33.6 Å². The number of hydrogen-bond donors (Lipinski definition) is 1. The monoisotopic (exact) mass is 170 g/mol. The highest BCUT2D eigenvalue weighted by atomic mass is 16.3. The van der Waals surface area contributed by atoms with E-state index in [1.54, 1.807) is 0 Å². The van der Waals surface area contributed by atoms with E-state index in [9.17, 15) is 5.11 Å². The van der Waals surface area contributed by atoms with Gasteiger partial charge in [-0.25, -0.2) is 0 Å². The Morgan fingerprint density at radius 1 is 1.42 bits per heavy atom. The molecule has 0 aromatic heterocycles. The summed E-state index contributed by atoms with van der Waals surface area (Å²) in [6.07, 6.45) is 5.86. The molecule has 1 fully saturated rings. The molecule has 3 unspecified atom stereocenters. The third-order valence-corrected chi connectivity index (χ3v) is 3.33. The second-order valence-electron chi connectivity index (χ2n) is 4.37. The molecular formula is C11H22O. The number of rotatable bonds is 5. The minimum Gasteiger partial charge on any atom is -0.389 e. The fourth-order valence-electron chi connectivity index (χ4n) is 2.32. The smallest absolute Gasteiger partial charge is 0.0705 e. The van der Waals surface area contributed by atoms with Crippen molar-refractivity contribution < 1.29 is 5.11 Å². The fraction of sp³-hybridized carbons (Fsp3) is 1.00. The third kappa shape index (κ3) is 1.82. The predicted molar refractivity (Wildman–Crippen MR) is 52.0 cm³/mol. The van der Waals surface area contributed by atoms with E-state index < -0.39 is 0 Å². The van der Waals surface area contributed by atoms with Crippen LogP contribution in [0.15, 0.2) is 0 Å². The Balaban J connectivity index is 2.32. The van der Waals surface area contributed by atoms with E-state index in [1.165, 1.54) is 25.7 Å². The Bertz CT molecular complexity index is 144. The Kier molecular flexibility index (Phi) is 3.16. The lowest BCUT2D eigenvalue weighted by Crippen LogP contribution is -2.21. The molecule has 0 radical (unpaired) electrons. The van der Waals surface area contributed by atoms with Gasteiger partial charge in [0, 0.05) is 0 Å². The van der Waals surface area contributed by atoms with Gasteiger partial charge in [-0.05, 0) is 31.1 Å². The van der Waals surface area contributed by atoms with Gasteiger partial charge in [0.1, 0.15) is 0 Å². The quantitative estimate of drug-likeness (QED) is 0.672. The van der Waals surface area contributed by atoms with Crippen molar-refractivity contribution in [3.05, 3.63) is 0 Å². The van der Waals surface area contributed by atoms with Crippen molar-refractivity contribution in [2.24, 2.45) is 11.8 Å². The summed E-state index contributed by atoms with van der Waals surface area (Å²) >= 11 is 0. The maximum atomic E-state index is 10.1. The maximum absolute atomic E-state index is 10.1. The van der Waals surface area contributed by atoms with Crippen molar-refractivity contribution in [2.75, 3.05) is 0 Å². The first-order valence-electron chi connectivity index (χ1n) is 5.37. The average molecular weight is 170 g/mol. The lowest BCUT2D eigenvalue weighted by Gasteiger charge is -2.18. The van der Waals surface area contributed by atoms with E-state index >= 15 is 0 Å². The molecule has 0 bridgehead atoms. The van der Waals surface area contributed by atoms with Crippen LogP contribution in [-0.4, -0.2) is 10.7 Å². The Labute approximate surface area is 76.2 Å². The molecule has 1 heteroatoms. The zero-order chi connectivity index (χ0) is 9.19. The molecule has 0 heterocycles. The van der Waals surface area contributed by atoms with Crippen molar-refractivity contribution in [3.63, 3.8) is 0 Å². The van der Waals surface area contributed by atoms with Crippen LogP contribution in [0.4, 0.5) is 0 Å². The Hall–Kier alpha value is -0.0400. The molecule has 0 aromatic rings. The number of hydrogen-bond acceptors (Lipinski definition) is 1. The second kappa shape index (κ2) is 3.78. The largest absolute Gasteiger partial charge is 0.389 e. The van der Waals surface area contributed by atoms with Gasteiger partial charge in [0.05, 0.1) is 5.60 Å². The van der Waals surface area contributed by atoms with Crippen LogP contribution >= 0.6 is 0 Å². The van der Waals surface area contributed by atoms with Crippen LogP contribution in [0.2, 0.25) is 0 Å². The van der Waals surface area contributed by atoms with E-state index in [4.69, 9.17) is 0 Å². The van der Waals surface area contributed by atoms with E-state index in [0.29, 0.717) is 11.8 Å². The summed E-state index contributed by atoms with van der Waals surface area (Å²) in [4.78, 5) is 0. The molecule has 1 aliphatic carbocycles.